The van der Waals surface area contributed by atoms with Gasteiger partial charge in [0.1, 0.15) is 18.4 Å². The van der Waals surface area contributed by atoms with Crippen molar-refractivity contribution >= 4 is 17.7 Å². The molecular weight excluding hydrogens is 422 g/mol. The number of ether oxygens (including phenoxy) is 2. The number of amides is 3. The van der Waals surface area contributed by atoms with Crippen LogP contribution in [-0.4, -0.2) is 59.9 Å². The van der Waals surface area contributed by atoms with Gasteiger partial charge in [0, 0.05) is 38.5 Å². The number of carbonyl (C=O) groups is 3. The van der Waals surface area contributed by atoms with Crippen molar-refractivity contribution < 1.29 is 30.7 Å². The van der Waals surface area contributed by atoms with Crippen LogP contribution in [0, 0.1) is 0 Å². The molecule has 2 aromatic rings. The average Bonchev–Trinajstić information content (AvgIpc) is 3.23. The summed E-state index contributed by atoms with van der Waals surface area (Å²) < 4.78 is 53.8. The van der Waals surface area contributed by atoms with E-state index in [1.54, 1.807) is 18.2 Å². The first kappa shape index (κ1) is 16.4. The summed E-state index contributed by atoms with van der Waals surface area (Å²) in [6.07, 6.45) is 0.343. The smallest absolute Gasteiger partial charge is 0.255 e. The van der Waals surface area contributed by atoms with Crippen molar-refractivity contribution in [3.05, 3.63) is 64.6 Å². The maximum atomic E-state index is 13.1. The molecule has 172 valence electrons. The van der Waals surface area contributed by atoms with Crippen LogP contribution >= 0.6 is 0 Å². The number of fused-ring (bicyclic) bond motifs is 1. The van der Waals surface area contributed by atoms with E-state index in [2.05, 4.69) is 5.32 Å². The standard InChI is InChI=1S/C25H27N3O5/c29-23-9-8-21(24(30)26-23)28-15-20-19(25(28)31)2-1-3-22(20)33-16-18-6-4-17(5-7-18)14-27-10-12-32-13-11-27/h1-7,21H,8-16H2,(H,26,29,30)/i4D,6D,7D,14D,16D. The van der Waals surface area contributed by atoms with E-state index < -0.39 is 25.1 Å². The Morgan fingerprint density at radius 2 is 1.94 bits per heavy atom. The number of nitrogens with zero attached hydrogens (tertiary/aromatic N) is 2. The van der Waals surface area contributed by atoms with Gasteiger partial charge >= 0.3 is 0 Å². The summed E-state index contributed by atoms with van der Waals surface area (Å²) in [4.78, 5) is 40.1. The maximum absolute atomic E-state index is 13.1. The van der Waals surface area contributed by atoms with Gasteiger partial charge in [-0.3, -0.25) is 24.6 Å². The van der Waals surface area contributed by atoms with Crippen molar-refractivity contribution in [2.24, 2.45) is 0 Å². The topological polar surface area (TPSA) is 88.2 Å². The van der Waals surface area contributed by atoms with E-state index in [-0.39, 0.29) is 66.2 Å². The van der Waals surface area contributed by atoms with Gasteiger partial charge in [0.05, 0.1) is 25.2 Å². The predicted molar refractivity (Wildman–Crippen MR) is 119 cm³/mol. The van der Waals surface area contributed by atoms with Gasteiger partial charge in [-0.05, 0) is 29.7 Å². The van der Waals surface area contributed by atoms with Crippen molar-refractivity contribution in [2.75, 3.05) is 26.3 Å². The molecule has 2 fully saturated rings. The van der Waals surface area contributed by atoms with Gasteiger partial charge in [0.15, 0.2) is 0 Å². The van der Waals surface area contributed by atoms with Crippen molar-refractivity contribution in [1.29, 1.82) is 0 Å². The van der Waals surface area contributed by atoms with Gasteiger partial charge in [0.25, 0.3) is 5.91 Å². The Morgan fingerprint density at radius 1 is 1.12 bits per heavy atom. The van der Waals surface area contributed by atoms with Gasteiger partial charge in [0.2, 0.25) is 11.8 Å². The van der Waals surface area contributed by atoms with Crippen LogP contribution in [0.3, 0.4) is 0 Å². The summed E-state index contributed by atoms with van der Waals surface area (Å²) in [5, 5.41) is 2.26. The van der Waals surface area contributed by atoms with Crippen molar-refractivity contribution in [1.82, 2.24) is 15.1 Å². The van der Waals surface area contributed by atoms with E-state index in [1.165, 1.54) is 11.0 Å². The lowest BCUT2D eigenvalue weighted by Crippen LogP contribution is -2.52. The minimum Gasteiger partial charge on any atom is -0.489 e. The molecule has 0 aliphatic carbocycles. The van der Waals surface area contributed by atoms with Crippen LogP contribution < -0.4 is 10.1 Å². The number of benzene rings is 2. The largest absolute Gasteiger partial charge is 0.489 e. The molecule has 1 N–H and O–H groups in total. The van der Waals surface area contributed by atoms with E-state index in [4.69, 9.17) is 16.3 Å². The zero-order chi connectivity index (χ0) is 27.1. The number of morpholine rings is 1. The second kappa shape index (κ2) is 9.33. The normalized spacial score (nSPS) is 25.2. The fraction of sp³-hybridized carbons (Fsp3) is 0.400. The zero-order valence-electron chi connectivity index (χ0n) is 22.9. The van der Waals surface area contributed by atoms with Crippen LogP contribution in [0.4, 0.5) is 0 Å². The Morgan fingerprint density at radius 3 is 2.76 bits per heavy atom. The van der Waals surface area contributed by atoms with Crippen LogP contribution in [0.15, 0.2) is 42.4 Å². The molecule has 5 rings (SSSR count). The highest BCUT2D eigenvalue weighted by Crippen LogP contribution is 2.34. The lowest BCUT2D eigenvalue weighted by Gasteiger charge is -2.29. The van der Waals surface area contributed by atoms with Crippen molar-refractivity contribution in [3.63, 3.8) is 0 Å². The molecular formula is C25H27N3O5. The molecule has 0 saturated carbocycles. The zero-order valence-corrected chi connectivity index (χ0v) is 17.9. The van der Waals surface area contributed by atoms with Gasteiger partial charge in [-0.2, -0.15) is 0 Å². The minimum absolute atomic E-state index is 0.0491. The number of carbonyl (C=O) groups excluding carboxylic acids is 3. The number of rotatable bonds is 6. The summed E-state index contributed by atoms with van der Waals surface area (Å²) in [5.41, 5.74) is 0.885. The first-order chi connectivity index (χ1) is 18.2. The monoisotopic (exact) mass is 454 g/mol. The summed E-state index contributed by atoms with van der Waals surface area (Å²) in [6.45, 7) is -0.465. The number of hydrogen-bond acceptors (Lipinski definition) is 6. The van der Waals surface area contributed by atoms with Crippen LogP contribution in [0.5, 0.6) is 5.75 Å². The molecule has 2 saturated heterocycles. The molecule has 3 amide bonds. The molecule has 2 aromatic carbocycles. The molecule has 0 radical (unpaired) electrons. The third-order valence-electron chi connectivity index (χ3n) is 5.93. The summed E-state index contributed by atoms with van der Waals surface area (Å²) in [6, 6.07) is 4.53. The molecule has 3 aliphatic heterocycles. The third kappa shape index (κ3) is 4.62. The molecule has 3 heterocycles. The molecule has 33 heavy (non-hydrogen) atoms. The molecule has 0 aromatic heterocycles. The van der Waals surface area contributed by atoms with E-state index in [9.17, 15) is 14.4 Å². The van der Waals surface area contributed by atoms with Crippen molar-refractivity contribution in [2.45, 2.75) is 38.5 Å². The van der Waals surface area contributed by atoms with E-state index in [1.807, 2.05) is 4.90 Å². The van der Waals surface area contributed by atoms with E-state index in [0.717, 1.165) is 0 Å². The maximum Gasteiger partial charge on any atom is 0.255 e. The Hall–Kier alpha value is -3.23. The lowest BCUT2D eigenvalue weighted by molar-refractivity contribution is -0.136. The number of nitrogens with one attached hydrogen (secondary N) is 1. The first-order valence-electron chi connectivity index (χ1n) is 13.5. The fourth-order valence-electron chi connectivity index (χ4n) is 4.19. The highest BCUT2D eigenvalue weighted by molar-refractivity contribution is 6.05. The van der Waals surface area contributed by atoms with Crippen LogP contribution in [0.1, 0.15) is 46.7 Å². The molecule has 0 spiro atoms. The third-order valence-corrected chi connectivity index (χ3v) is 5.93. The Labute approximate surface area is 199 Å². The fourth-order valence-corrected chi connectivity index (χ4v) is 4.19. The van der Waals surface area contributed by atoms with Gasteiger partial charge in [-0.25, -0.2) is 0 Å². The predicted octanol–water partition coefficient (Wildman–Crippen LogP) is 1.86. The van der Waals surface area contributed by atoms with Crippen LogP contribution in [0.25, 0.3) is 0 Å². The minimum atomic E-state index is -1.54. The van der Waals surface area contributed by atoms with Gasteiger partial charge in [-0.15, -0.1) is 0 Å². The summed E-state index contributed by atoms with van der Waals surface area (Å²) in [5.74, 6) is -1.10. The van der Waals surface area contributed by atoms with Crippen molar-refractivity contribution in [3.8, 4) is 5.75 Å². The number of hydrogen-bond donors (Lipinski definition) is 1. The highest BCUT2D eigenvalue weighted by Gasteiger charge is 2.40. The second-order valence-electron chi connectivity index (χ2n) is 8.10. The summed E-state index contributed by atoms with van der Waals surface area (Å²) in [7, 11) is 0. The summed E-state index contributed by atoms with van der Waals surface area (Å²) >= 11 is 0. The first-order valence-corrected chi connectivity index (χ1v) is 10.9. The second-order valence-corrected chi connectivity index (χ2v) is 8.10. The van der Waals surface area contributed by atoms with Gasteiger partial charge in [-0.1, -0.05) is 30.3 Å². The Bertz CT molecular complexity index is 1300. The molecule has 3 atom stereocenters. The van der Waals surface area contributed by atoms with Crippen LogP contribution in [-0.2, 0) is 34.0 Å². The number of piperidine rings is 1. The van der Waals surface area contributed by atoms with Gasteiger partial charge < -0.3 is 14.4 Å². The van der Waals surface area contributed by atoms with E-state index >= 15 is 0 Å². The Balaban J connectivity index is 1.38. The lowest BCUT2D eigenvalue weighted by atomic mass is 10.0. The van der Waals surface area contributed by atoms with E-state index in [0.29, 0.717) is 37.4 Å². The average molecular weight is 455 g/mol. The SMILES string of the molecule is [2H]c1cc(C([2H])N2CCOCC2)c([2H])c([2H])c1C([2H])Oc1cccc2c1CN(C1CCC(=O)NC1=O)C2=O. The highest BCUT2D eigenvalue weighted by atomic mass is 16.5. The number of imide groups is 1. The molecule has 3 unspecified atom stereocenters. The molecule has 0 bridgehead atoms. The molecule has 3 aliphatic rings. The quantitative estimate of drug-likeness (QED) is 0.671. The molecule has 8 heteroatoms. The Kier molecular flexibility index (Phi) is 4.63. The molecule has 8 nitrogen and oxygen atoms in total. The van der Waals surface area contributed by atoms with Crippen LogP contribution in [0.2, 0.25) is 0 Å².